The zero-order valence-electron chi connectivity index (χ0n) is 12.6. The minimum atomic E-state index is -0.0876. The topological polar surface area (TPSA) is 32.3 Å². The first-order chi connectivity index (χ1) is 10.5. The first-order valence-electron chi connectivity index (χ1n) is 6.97. The standard InChI is InChI=1S/C17H18Cl2N2O/c1-21(2)15-7-4-13(5-8-15)17(22)20-10-9-12-3-6-14(18)11-16(12)19/h3-8,11H,9-10H2,1-2H3,(H,20,22). The molecule has 0 spiro atoms. The molecule has 2 aromatic rings. The lowest BCUT2D eigenvalue weighted by molar-refractivity contribution is 0.0954. The van der Waals surface area contributed by atoms with Crippen molar-refractivity contribution in [1.82, 2.24) is 5.32 Å². The molecule has 0 aliphatic rings. The van der Waals surface area contributed by atoms with Crippen LogP contribution in [0.25, 0.3) is 0 Å². The highest BCUT2D eigenvalue weighted by Crippen LogP contribution is 2.21. The Hall–Kier alpha value is -1.71. The smallest absolute Gasteiger partial charge is 0.251 e. The zero-order chi connectivity index (χ0) is 16.1. The summed E-state index contributed by atoms with van der Waals surface area (Å²) in [5.74, 6) is -0.0876. The summed E-state index contributed by atoms with van der Waals surface area (Å²) in [5, 5.41) is 4.13. The van der Waals surface area contributed by atoms with Crippen LogP contribution in [0.15, 0.2) is 42.5 Å². The second-order valence-corrected chi connectivity index (χ2v) is 6.03. The van der Waals surface area contributed by atoms with Crippen molar-refractivity contribution in [2.24, 2.45) is 0 Å². The van der Waals surface area contributed by atoms with Crippen molar-refractivity contribution < 1.29 is 4.79 Å². The van der Waals surface area contributed by atoms with E-state index in [-0.39, 0.29) is 5.91 Å². The van der Waals surface area contributed by atoms with Crippen LogP contribution in [0.1, 0.15) is 15.9 Å². The summed E-state index contributed by atoms with van der Waals surface area (Å²) in [6, 6.07) is 12.9. The van der Waals surface area contributed by atoms with Crippen molar-refractivity contribution in [2.75, 3.05) is 25.5 Å². The van der Waals surface area contributed by atoms with Crippen LogP contribution in [0.5, 0.6) is 0 Å². The summed E-state index contributed by atoms with van der Waals surface area (Å²) >= 11 is 12.0. The Labute approximate surface area is 140 Å². The number of amides is 1. The minimum absolute atomic E-state index is 0.0876. The molecule has 0 radical (unpaired) electrons. The van der Waals surface area contributed by atoms with Gasteiger partial charge >= 0.3 is 0 Å². The van der Waals surface area contributed by atoms with E-state index >= 15 is 0 Å². The third-order valence-electron chi connectivity index (χ3n) is 3.34. The molecule has 1 N–H and O–H groups in total. The predicted octanol–water partition coefficient (Wildman–Crippen LogP) is 4.03. The van der Waals surface area contributed by atoms with Gasteiger partial charge in [-0.05, 0) is 48.4 Å². The van der Waals surface area contributed by atoms with Gasteiger partial charge < -0.3 is 10.2 Å². The second-order valence-electron chi connectivity index (χ2n) is 5.18. The lowest BCUT2D eigenvalue weighted by atomic mass is 10.1. The lowest BCUT2D eigenvalue weighted by Gasteiger charge is -2.12. The van der Waals surface area contributed by atoms with Gasteiger partial charge in [0.25, 0.3) is 5.91 Å². The molecule has 3 nitrogen and oxygen atoms in total. The predicted molar refractivity (Wildman–Crippen MR) is 93.3 cm³/mol. The zero-order valence-corrected chi connectivity index (χ0v) is 14.1. The maximum absolute atomic E-state index is 12.1. The van der Waals surface area contributed by atoms with Crippen molar-refractivity contribution in [3.8, 4) is 0 Å². The van der Waals surface area contributed by atoms with Crippen LogP contribution in [-0.2, 0) is 6.42 Å². The average molecular weight is 337 g/mol. The molecule has 5 heteroatoms. The Bertz CT molecular complexity index is 654. The Morgan fingerprint density at radius 1 is 1.09 bits per heavy atom. The fraction of sp³-hybridized carbons (Fsp3) is 0.235. The van der Waals surface area contributed by atoms with E-state index in [0.717, 1.165) is 11.3 Å². The van der Waals surface area contributed by atoms with E-state index in [4.69, 9.17) is 23.2 Å². The quantitative estimate of drug-likeness (QED) is 0.893. The van der Waals surface area contributed by atoms with Crippen molar-refractivity contribution >= 4 is 34.8 Å². The van der Waals surface area contributed by atoms with Gasteiger partial charge in [0.1, 0.15) is 0 Å². The number of anilines is 1. The minimum Gasteiger partial charge on any atom is -0.378 e. The Kier molecular flexibility index (Phi) is 5.69. The van der Waals surface area contributed by atoms with Crippen LogP contribution in [0.3, 0.4) is 0 Å². The summed E-state index contributed by atoms with van der Waals surface area (Å²) in [6.07, 6.45) is 0.664. The maximum Gasteiger partial charge on any atom is 0.251 e. The molecule has 0 unspecified atom stereocenters. The van der Waals surface area contributed by atoms with E-state index in [2.05, 4.69) is 5.32 Å². The number of nitrogens with one attached hydrogen (secondary N) is 1. The Balaban J connectivity index is 1.89. The van der Waals surface area contributed by atoms with Crippen LogP contribution in [-0.4, -0.2) is 26.5 Å². The van der Waals surface area contributed by atoms with Crippen molar-refractivity contribution in [3.63, 3.8) is 0 Å². The van der Waals surface area contributed by atoms with E-state index in [1.807, 2.05) is 49.3 Å². The van der Waals surface area contributed by atoms with E-state index in [1.54, 1.807) is 12.1 Å². The molecule has 116 valence electrons. The number of hydrogen-bond donors (Lipinski definition) is 1. The first kappa shape index (κ1) is 16.7. The lowest BCUT2D eigenvalue weighted by Crippen LogP contribution is -2.25. The van der Waals surface area contributed by atoms with Crippen molar-refractivity contribution in [3.05, 3.63) is 63.6 Å². The second kappa shape index (κ2) is 7.52. The Morgan fingerprint density at radius 3 is 2.36 bits per heavy atom. The van der Waals surface area contributed by atoms with E-state index in [1.165, 1.54) is 0 Å². The highest BCUT2D eigenvalue weighted by Gasteiger charge is 2.06. The molecule has 2 aromatic carbocycles. The van der Waals surface area contributed by atoms with E-state index in [0.29, 0.717) is 28.6 Å². The number of nitrogens with zero attached hydrogens (tertiary/aromatic N) is 1. The van der Waals surface area contributed by atoms with Gasteiger partial charge in [-0.2, -0.15) is 0 Å². The SMILES string of the molecule is CN(C)c1ccc(C(=O)NCCc2ccc(Cl)cc2Cl)cc1. The molecule has 0 fully saturated rings. The molecule has 0 heterocycles. The third-order valence-corrected chi connectivity index (χ3v) is 3.93. The highest BCUT2D eigenvalue weighted by atomic mass is 35.5. The number of halogens is 2. The summed E-state index contributed by atoms with van der Waals surface area (Å²) in [6.45, 7) is 0.523. The van der Waals surface area contributed by atoms with Gasteiger partial charge in [0, 0.05) is 41.9 Å². The summed E-state index contributed by atoms with van der Waals surface area (Å²) in [4.78, 5) is 14.1. The van der Waals surface area contributed by atoms with Gasteiger partial charge in [-0.3, -0.25) is 4.79 Å². The number of benzene rings is 2. The monoisotopic (exact) mass is 336 g/mol. The van der Waals surface area contributed by atoms with E-state index < -0.39 is 0 Å². The molecule has 0 aliphatic carbocycles. The molecule has 2 rings (SSSR count). The third kappa shape index (κ3) is 4.39. The normalized spacial score (nSPS) is 10.4. The molecule has 0 atom stereocenters. The van der Waals surface area contributed by atoms with Crippen LogP contribution >= 0.6 is 23.2 Å². The van der Waals surface area contributed by atoms with Crippen LogP contribution < -0.4 is 10.2 Å². The number of carbonyl (C=O) groups is 1. The molecule has 0 saturated carbocycles. The van der Waals surface area contributed by atoms with Crippen molar-refractivity contribution in [1.29, 1.82) is 0 Å². The number of rotatable bonds is 5. The fourth-order valence-electron chi connectivity index (χ4n) is 2.05. The maximum atomic E-state index is 12.1. The van der Waals surface area contributed by atoms with Gasteiger partial charge in [0.15, 0.2) is 0 Å². The van der Waals surface area contributed by atoms with Crippen LogP contribution in [0.2, 0.25) is 10.0 Å². The Morgan fingerprint density at radius 2 is 1.77 bits per heavy atom. The summed E-state index contributed by atoms with van der Waals surface area (Å²) < 4.78 is 0. The van der Waals surface area contributed by atoms with Gasteiger partial charge in [-0.15, -0.1) is 0 Å². The fourth-order valence-corrected chi connectivity index (χ4v) is 2.55. The van der Waals surface area contributed by atoms with Gasteiger partial charge in [0.2, 0.25) is 0 Å². The molecule has 22 heavy (non-hydrogen) atoms. The molecule has 0 aliphatic heterocycles. The molecule has 0 aromatic heterocycles. The highest BCUT2D eigenvalue weighted by molar-refractivity contribution is 6.35. The largest absolute Gasteiger partial charge is 0.378 e. The molecule has 0 saturated heterocycles. The van der Waals surface area contributed by atoms with Crippen molar-refractivity contribution in [2.45, 2.75) is 6.42 Å². The molecule has 0 bridgehead atoms. The molecule has 1 amide bonds. The number of hydrogen-bond acceptors (Lipinski definition) is 2. The molecular formula is C17H18Cl2N2O. The number of carbonyl (C=O) groups excluding carboxylic acids is 1. The summed E-state index contributed by atoms with van der Waals surface area (Å²) in [5.41, 5.74) is 2.67. The van der Waals surface area contributed by atoms with Gasteiger partial charge in [-0.25, -0.2) is 0 Å². The average Bonchev–Trinajstić information content (AvgIpc) is 2.49. The van der Waals surface area contributed by atoms with Gasteiger partial charge in [-0.1, -0.05) is 29.3 Å². The van der Waals surface area contributed by atoms with Crippen LogP contribution in [0.4, 0.5) is 5.69 Å². The molecular weight excluding hydrogens is 319 g/mol. The van der Waals surface area contributed by atoms with E-state index in [9.17, 15) is 4.79 Å². The van der Waals surface area contributed by atoms with Crippen LogP contribution in [0, 0.1) is 0 Å². The summed E-state index contributed by atoms with van der Waals surface area (Å²) in [7, 11) is 3.93. The van der Waals surface area contributed by atoms with Gasteiger partial charge in [0.05, 0.1) is 0 Å². The first-order valence-corrected chi connectivity index (χ1v) is 7.72.